The molecule has 1 N–H and O–H groups in total. The number of hydrogen-bond acceptors (Lipinski definition) is 6. The van der Waals surface area contributed by atoms with Crippen LogP contribution in [0.25, 0.3) is 0 Å². The van der Waals surface area contributed by atoms with Crippen LogP contribution in [0.1, 0.15) is 16.5 Å². The first kappa shape index (κ1) is 22.1. The summed E-state index contributed by atoms with van der Waals surface area (Å²) in [5.74, 6) is -0.157. The number of benzene rings is 2. The first-order chi connectivity index (χ1) is 15.1. The Labute approximate surface area is 185 Å². The number of halogens is 3. The van der Waals surface area contributed by atoms with E-state index in [4.69, 9.17) is 0 Å². The Hall–Kier alpha value is -3.12. The molecule has 166 valence electrons. The Morgan fingerprint density at radius 2 is 1.62 bits per heavy atom. The van der Waals surface area contributed by atoms with Gasteiger partial charge in [0.1, 0.15) is 5.37 Å². The van der Waals surface area contributed by atoms with Crippen molar-refractivity contribution >= 4 is 39.3 Å². The predicted octanol–water partition coefficient (Wildman–Crippen LogP) is 4.07. The summed E-state index contributed by atoms with van der Waals surface area (Å²) >= 11 is 1.28. The van der Waals surface area contributed by atoms with E-state index in [1.807, 2.05) is 0 Å². The number of rotatable bonds is 5. The largest absolute Gasteiger partial charge is 0.416 e. The lowest BCUT2D eigenvalue weighted by Crippen LogP contribution is -2.28. The summed E-state index contributed by atoms with van der Waals surface area (Å²) in [6.07, 6.45) is -1.66. The minimum atomic E-state index is -4.45. The molecule has 1 fully saturated rings. The summed E-state index contributed by atoms with van der Waals surface area (Å²) in [7, 11) is -3.94. The topological polar surface area (TPSA) is 92.3 Å². The predicted molar refractivity (Wildman–Crippen MR) is 113 cm³/mol. The monoisotopic (exact) mass is 480 g/mol. The third-order valence-corrected chi connectivity index (χ3v) is 7.16. The molecule has 12 heteroatoms. The van der Waals surface area contributed by atoms with Gasteiger partial charge in [0, 0.05) is 18.1 Å². The number of carbonyl (C=O) groups excluding carboxylic acids is 1. The molecule has 1 atom stereocenters. The van der Waals surface area contributed by atoms with Crippen molar-refractivity contribution in [3.05, 3.63) is 78.1 Å². The Kier molecular flexibility index (Phi) is 5.82. The Morgan fingerprint density at radius 3 is 2.22 bits per heavy atom. The maximum atomic E-state index is 12.8. The lowest BCUT2D eigenvalue weighted by molar-refractivity contribution is -0.137. The van der Waals surface area contributed by atoms with Gasteiger partial charge in [-0.1, -0.05) is 12.1 Å². The fourth-order valence-corrected chi connectivity index (χ4v) is 5.24. The number of nitrogens with one attached hydrogen (secondary N) is 1. The van der Waals surface area contributed by atoms with Crippen molar-refractivity contribution in [3.63, 3.8) is 0 Å². The second kappa shape index (κ2) is 8.43. The van der Waals surface area contributed by atoms with Gasteiger partial charge in [-0.15, -0.1) is 11.8 Å². The van der Waals surface area contributed by atoms with Crippen LogP contribution in [0.2, 0.25) is 0 Å². The van der Waals surface area contributed by atoms with E-state index in [9.17, 15) is 26.4 Å². The van der Waals surface area contributed by atoms with Gasteiger partial charge in [-0.05, 0) is 48.0 Å². The minimum Gasteiger partial charge on any atom is -0.295 e. The molecule has 1 aromatic heterocycles. The number of thioether (sulfide) groups is 1. The van der Waals surface area contributed by atoms with Gasteiger partial charge in [0.15, 0.2) is 0 Å². The van der Waals surface area contributed by atoms with Crippen LogP contribution in [-0.2, 0) is 21.0 Å². The molecule has 0 aliphatic carbocycles. The SMILES string of the molecule is O=C1CS[C@H](c2ccc(C(F)(F)F)cc2)N1c1ccc(S(=O)(=O)Nc2ncccn2)cc1. The molecule has 0 spiro atoms. The third-order valence-electron chi connectivity index (χ3n) is 4.61. The smallest absolute Gasteiger partial charge is 0.295 e. The Bertz CT molecular complexity index is 1220. The van der Waals surface area contributed by atoms with E-state index in [2.05, 4.69) is 14.7 Å². The van der Waals surface area contributed by atoms with Gasteiger partial charge in [-0.3, -0.25) is 9.69 Å². The maximum Gasteiger partial charge on any atom is 0.416 e. The molecule has 0 radical (unpaired) electrons. The number of carbonyl (C=O) groups is 1. The molecule has 0 unspecified atom stereocenters. The molecule has 32 heavy (non-hydrogen) atoms. The van der Waals surface area contributed by atoms with Gasteiger partial charge in [0.25, 0.3) is 10.0 Å². The summed E-state index contributed by atoms with van der Waals surface area (Å²) in [4.78, 5) is 21.5. The minimum absolute atomic E-state index is 0.0564. The van der Waals surface area contributed by atoms with E-state index in [0.29, 0.717) is 11.3 Å². The zero-order chi connectivity index (χ0) is 22.9. The van der Waals surface area contributed by atoms with Crippen molar-refractivity contribution < 1.29 is 26.4 Å². The highest BCUT2D eigenvalue weighted by molar-refractivity contribution is 8.00. The van der Waals surface area contributed by atoms with Gasteiger partial charge in [-0.25, -0.2) is 23.1 Å². The lowest BCUT2D eigenvalue weighted by Gasteiger charge is -2.25. The fraction of sp³-hybridized carbons (Fsp3) is 0.150. The van der Waals surface area contributed by atoms with Crippen LogP contribution in [-0.4, -0.2) is 30.0 Å². The summed E-state index contributed by atoms with van der Waals surface area (Å²) in [6.45, 7) is 0. The van der Waals surface area contributed by atoms with Crippen molar-refractivity contribution in [2.24, 2.45) is 0 Å². The first-order valence-corrected chi connectivity index (χ1v) is 11.7. The summed E-state index contributed by atoms with van der Waals surface area (Å²) in [6, 6.07) is 11.8. The van der Waals surface area contributed by atoms with Crippen molar-refractivity contribution in [2.45, 2.75) is 16.4 Å². The average Bonchev–Trinajstić information content (AvgIpc) is 3.15. The first-order valence-electron chi connectivity index (χ1n) is 9.16. The average molecular weight is 480 g/mol. The molecule has 7 nitrogen and oxygen atoms in total. The number of anilines is 2. The number of amides is 1. The molecule has 0 bridgehead atoms. The van der Waals surface area contributed by atoms with Crippen LogP contribution < -0.4 is 9.62 Å². The van der Waals surface area contributed by atoms with E-state index in [-0.39, 0.29) is 22.5 Å². The molecule has 1 aliphatic heterocycles. The van der Waals surface area contributed by atoms with Gasteiger partial charge in [-0.2, -0.15) is 13.2 Å². The van der Waals surface area contributed by atoms with E-state index in [1.54, 1.807) is 6.07 Å². The zero-order valence-corrected chi connectivity index (χ0v) is 17.8. The third kappa shape index (κ3) is 4.55. The zero-order valence-electron chi connectivity index (χ0n) is 16.2. The normalized spacial score (nSPS) is 16.9. The van der Waals surface area contributed by atoms with Crippen molar-refractivity contribution in [3.8, 4) is 0 Å². The van der Waals surface area contributed by atoms with Crippen LogP contribution in [0.5, 0.6) is 0 Å². The molecule has 3 aromatic rings. The standard InChI is InChI=1S/C20H15F3N4O3S2/c21-20(22,23)14-4-2-13(3-5-14)18-27(17(28)12-31-18)15-6-8-16(9-7-15)32(29,30)26-19-24-10-1-11-25-19/h1-11,18H,12H2,(H,24,25,26)/t18-/m1/s1. The quantitative estimate of drug-likeness (QED) is 0.592. The lowest BCUT2D eigenvalue weighted by atomic mass is 10.1. The maximum absolute atomic E-state index is 12.8. The second-order valence-corrected chi connectivity index (χ2v) is 9.47. The Morgan fingerprint density at radius 1 is 1.00 bits per heavy atom. The van der Waals surface area contributed by atoms with Crippen LogP contribution in [0.4, 0.5) is 24.8 Å². The van der Waals surface area contributed by atoms with Crippen molar-refractivity contribution in [1.82, 2.24) is 9.97 Å². The summed E-state index contributed by atoms with van der Waals surface area (Å²) < 4.78 is 65.8. The van der Waals surface area contributed by atoms with E-state index in [0.717, 1.165) is 12.1 Å². The van der Waals surface area contributed by atoms with Crippen LogP contribution in [0.3, 0.4) is 0 Å². The molecule has 1 amide bonds. The van der Waals surface area contributed by atoms with Gasteiger partial charge in [0.2, 0.25) is 11.9 Å². The van der Waals surface area contributed by atoms with E-state index < -0.39 is 27.1 Å². The van der Waals surface area contributed by atoms with Crippen LogP contribution in [0.15, 0.2) is 71.9 Å². The molecule has 2 heterocycles. The Balaban J connectivity index is 1.57. The molecular weight excluding hydrogens is 465 g/mol. The molecule has 4 rings (SSSR count). The van der Waals surface area contributed by atoms with Crippen LogP contribution >= 0.6 is 11.8 Å². The molecule has 0 saturated carbocycles. The van der Waals surface area contributed by atoms with Gasteiger partial charge in [0.05, 0.1) is 16.2 Å². The van der Waals surface area contributed by atoms with E-state index >= 15 is 0 Å². The summed E-state index contributed by atoms with van der Waals surface area (Å²) in [5.41, 5.74) is 0.194. The van der Waals surface area contributed by atoms with Crippen molar-refractivity contribution in [2.75, 3.05) is 15.4 Å². The number of aromatic nitrogens is 2. The number of sulfonamides is 1. The molecule has 2 aromatic carbocycles. The number of nitrogens with zero attached hydrogens (tertiary/aromatic N) is 3. The highest BCUT2D eigenvalue weighted by Crippen LogP contribution is 2.42. The summed E-state index contributed by atoms with van der Waals surface area (Å²) in [5, 5.41) is -0.525. The van der Waals surface area contributed by atoms with Crippen LogP contribution in [0, 0.1) is 0 Å². The number of alkyl halides is 3. The molecule has 1 saturated heterocycles. The number of hydrogen-bond donors (Lipinski definition) is 1. The molecule has 1 aliphatic rings. The highest BCUT2D eigenvalue weighted by atomic mass is 32.2. The molecular formula is C20H15F3N4O3S2. The second-order valence-electron chi connectivity index (χ2n) is 6.72. The van der Waals surface area contributed by atoms with Gasteiger partial charge >= 0.3 is 6.18 Å². The van der Waals surface area contributed by atoms with Crippen molar-refractivity contribution in [1.29, 1.82) is 0 Å². The van der Waals surface area contributed by atoms with Gasteiger partial charge < -0.3 is 0 Å². The highest BCUT2D eigenvalue weighted by Gasteiger charge is 2.35. The fourth-order valence-electron chi connectivity index (χ4n) is 3.10. The van der Waals surface area contributed by atoms with E-state index in [1.165, 1.54) is 65.5 Å².